The highest BCUT2D eigenvalue weighted by molar-refractivity contribution is 9.10. The van der Waals surface area contributed by atoms with Gasteiger partial charge < -0.3 is 4.74 Å². The molecule has 1 aromatic carbocycles. The Hall–Kier alpha value is -0.830. The molecular weight excluding hydrogens is 292 g/mol. The predicted molar refractivity (Wildman–Crippen MR) is 78.4 cm³/mol. The van der Waals surface area contributed by atoms with Crippen molar-refractivity contribution in [1.82, 2.24) is 0 Å². The highest BCUT2D eigenvalue weighted by Gasteiger charge is 2.01. The number of ether oxygens (including phenoxy) is 1. The number of hydrogen-bond acceptors (Lipinski definition) is 2. The van der Waals surface area contributed by atoms with Crippen LogP contribution in [0.25, 0.3) is 0 Å². The van der Waals surface area contributed by atoms with E-state index in [9.17, 15) is 4.79 Å². The summed E-state index contributed by atoms with van der Waals surface area (Å²) in [6, 6.07) is 5.50. The van der Waals surface area contributed by atoms with Gasteiger partial charge in [0.05, 0.1) is 6.61 Å². The fraction of sp³-hybridized carbons (Fsp3) is 0.533. The van der Waals surface area contributed by atoms with Gasteiger partial charge in [-0.3, -0.25) is 4.79 Å². The van der Waals surface area contributed by atoms with Crippen LogP contribution < -0.4 is 4.74 Å². The maximum Gasteiger partial charge on any atom is 0.151 e. The molecule has 0 spiro atoms. The number of rotatable bonds is 9. The van der Waals surface area contributed by atoms with Gasteiger partial charge in [0.1, 0.15) is 5.75 Å². The molecule has 1 rings (SSSR count). The fourth-order valence-corrected chi connectivity index (χ4v) is 2.11. The van der Waals surface area contributed by atoms with Crippen molar-refractivity contribution in [3.8, 4) is 5.75 Å². The summed E-state index contributed by atoms with van der Waals surface area (Å²) < 4.78 is 6.44. The number of benzene rings is 1. The summed E-state index contributed by atoms with van der Waals surface area (Å²) in [6.45, 7) is 2.95. The van der Waals surface area contributed by atoms with E-state index in [1.807, 2.05) is 12.1 Å². The van der Waals surface area contributed by atoms with Crippen LogP contribution in [0.3, 0.4) is 0 Å². The summed E-state index contributed by atoms with van der Waals surface area (Å²) in [5.74, 6) is 0.772. The Morgan fingerprint density at radius 1 is 1.17 bits per heavy atom. The smallest absolute Gasteiger partial charge is 0.151 e. The lowest BCUT2D eigenvalue weighted by atomic mass is 10.1. The van der Waals surface area contributed by atoms with Crippen LogP contribution in [-0.2, 0) is 0 Å². The third-order valence-corrected chi connectivity index (χ3v) is 3.58. The number of hydrogen-bond donors (Lipinski definition) is 0. The van der Waals surface area contributed by atoms with E-state index in [-0.39, 0.29) is 0 Å². The first-order chi connectivity index (χ1) is 8.77. The van der Waals surface area contributed by atoms with Gasteiger partial charge in [-0.25, -0.2) is 0 Å². The molecule has 0 aliphatic heterocycles. The van der Waals surface area contributed by atoms with Gasteiger partial charge in [-0.15, -0.1) is 0 Å². The van der Waals surface area contributed by atoms with Crippen molar-refractivity contribution in [1.29, 1.82) is 0 Å². The van der Waals surface area contributed by atoms with Crippen LogP contribution in [0.2, 0.25) is 0 Å². The van der Waals surface area contributed by atoms with Crippen molar-refractivity contribution in [3.63, 3.8) is 0 Å². The van der Waals surface area contributed by atoms with E-state index >= 15 is 0 Å². The molecule has 100 valence electrons. The quantitative estimate of drug-likeness (QED) is 0.473. The zero-order chi connectivity index (χ0) is 13.2. The van der Waals surface area contributed by atoms with Crippen molar-refractivity contribution >= 4 is 22.2 Å². The molecule has 0 saturated carbocycles. The molecule has 0 bridgehead atoms. The van der Waals surface area contributed by atoms with E-state index in [1.54, 1.807) is 6.07 Å². The molecule has 0 radical (unpaired) electrons. The van der Waals surface area contributed by atoms with Crippen molar-refractivity contribution in [2.45, 2.75) is 45.4 Å². The molecule has 1 aromatic rings. The zero-order valence-electron chi connectivity index (χ0n) is 11.0. The maximum absolute atomic E-state index is 10.8. The lowest BCUT2D eigenvalue weighted by Crippen LogP contribution is -1.98. The summed E-state index contributed by atoms with van der Waals surface area (Å²) in [5.41, 5.74) is 0.635. The van der Waals surface area contributed by atoms with Gasteiger partial charge >= 0.3 is 0 Å². The monoisotopic (exact) mass is 312 g/mol. The largest absolute Gasteiger partial charge is 0.494 e. The first-order valence-electron chi connectivity index (χ1n) is 6.65. The van der Waals surface area contributed by atoms with Crippen molar-refractivity contribution < 1.29 is 9.53 Å². The Morgan fingerprint density at radius 2 is 1.89 bits per heavy atom. The first-order valence-corrected chi connectivity index (χ1v) is 7.44. The molecule has 0 N–H and O–H groups in total. The molecule has 0 amide bonds. The second kappa shape index (κ2) is 9.15. The minimum Gasteiger partial charge on any atom is -0.494 e. The van der Waals surface area contributed by atoms with E-state index in [4.69, 9.17) is 4.74 Å². The summed E-state index contributed by atoms with van der Waals surface area (Å²) >= 11 is 3.32. The van der Waals surface area contributed by atoms with Crippen LogP contribution in [0.1, 0.15) is 55.8 Å². The third kappa shape index (κ3) is 5.67. The molecule has 0 unspecified atom stereocenters. The number of halogens is 1. The SMILES string of the molecule is CCCCCCCCOc1ccc(Br)c(C=O)c1. The minimum atomic E-state index is 0.635. The third-order valence-electron chi connectivity index (χ3n) is 2.86. The summed E-state index contributed by atoms with van der Waals surface area (Å²) in [4.78, 5) is 10.8. The van der Waals surface area contributed by atoms with Crippen LogP contribution in [0.15, 0.2) is 22.7 Å². The van der Waals surface area contributed by atoms with Gasteiger partial charge in [0, 0.05) is 10.0 Å². The standard InChI is InChI=1S/C15H21BrO2/c1-2-3-4-5-6-7-10-18-14-8-9-15(16)13(11-14)12-17/h8-9,11-12H,2-7,10H2,1H3. The van der Waals surface area contributed by atoms with Gasteiger partial charge in [0.15, 0.2) is 6.29 Å². The van der Waals surface area contributed by atoms with Gasteiger partial charge in [-0.2, -0.15) is 0 Å². The van der Waals surface area contributed by atoms with Crippen LogP contribution >= 0.6 is 15.9 Å². The first kappa shape index (κ1) is 15.2. The van der Waals surface area contributed by atoms with Gasteiger partial charge in [0.25, 0.3) is 0 Å². The van der Waals surface area contributed by atoms with Crippen molar-refractivity contribution in [2.75, 3.05) is 6.61 Å². The fourth-order valence-electron chi connectivity index (χ4n) is 1.77. The van der Waals surface area contributed by atoms with Crippen LogP contribution in [0.4, 0.5) is 0 Å². The summed E-state index contributed by atoms with van der Waals surface area (Å²) in [7, 11) is 0. The average Bonchev–Trinajstić information content (AvgIpc) is 2.39. The van der Waals surface area contributed by atoms with E-state index < -0.39 is 0 Å². The van der Waals surface area contributed by atoms with Crippen LogP contribution in [0, 0.1) is 0 Å². The van der Waals surface area contributed by atoms with Crippen molar-refractivity contribution in [2.24, 2.45) is 0 Å². The average molecular weight is 313 g/mol. The molecule has 18 heavy (non-hydrogen) atoms. The normalized spacial score (nSPS) is 10.3. The lowest BCUT2D eigenvalue weighted by molar-refractivity contribution is 0.112. The van der Waals surface area contributed by atoms with Gasteiger partial charge in [-0.1, -0.05) is 55.0 Å². The Labute approximate surface area is 118 Å². The van der Waals surface area contributed by atoms with E-state index in [0.29, 0.717) is 5.56 Å². The Balaban J connectivity index is 2.21. The molecule has 0 aliphatic carbocycles. The van der Waals surface area contributed by atoms with E-state index in [1.165, 1.54) is 32.1 Å². The molecule has 2 nitrogen and oxygen atoms in total. The number of unbranched alkanes of at least 4 members (excludes halogenated alkanes) is 5. The molecule has 0 aromatic heterocycles. The lowest BCUT2D eigenvalue weighted by Gasteiger charge is -2.07. The molecule has 0 aliphatic rings. The molecule has 0 atom stereocenters. The van der Waals surface area contributed by atoms with Crippen LogP contribution in [-0.4, -0.2) is 12.9 Å². The van der Waals surface area contributed by atoms with Crippen molar-refractivity contribution in [3.05, 3.63) is 28.2 Å². The predicted octanol–water partition coefficient (Wildman–Crippen LogP) is 5.00. The second-order valence-electron chi connectivity index (χ2n) is 4.42. The molecule has 0 heterocycles. The molecule has 3 heteroatoms. The summed E-state index contributed by atoms with van der Waals surface area (Å²) in [6.07, 6.45) is 8.36. The minimum absolute atomic E-state index is 0.635. The summed E-state index contributed by atoms with van der Waals surface area (Å²) in [5, 5.41) is 0. The molecule has 0 saturated heterocycles. The number of carbonyl (C=O) groups excluding carboxylic acids is 1. The Bertz CT molecular complexity index is 364. The van der Waals surface area contributed by atoms with E-state index in [2.05, 4.69) is 22.9 Å². The zero-order valence-corrected chi connectivity index (χ0v) is 12.5. The molecule has 0 fully saturated rings. The number of carbonyl (C=O) groups is 1. The topological polar surface area (TPSA) is 26.3 Å². The Morgan fingerprint density at radius 3 is 2.61 bits per heavy atom. The number of aldehydes is 1. The highest BCUT2D eigenvalue weighted by Crippen LogP contribution is 2.21. The molecular formula is C15H21BrO2. The Kier molecular flexibility index (Phi) is 7.74. The van der Waals surface area contributed by atoms with Crippen LogP contribution in [0.5, 0.6) is 5.75 Å². The van der Waals surface area contributed by atoms with E-state index in [0.717, 1.165) is 29.5 Å². The maximum atomic E-state index is 10.8. The van der Waals surface area contributed by atoms with Gasteiger partial charge in [-0.05, 0) is 24.6 Å². The highest BCUT2D eigenvalue weighted by atomic mass is 79.9. The van der Waals surface area contributed by atoms with Gasteiger partial charge in [0.2, 0.25) is 0 Å². The second-order valence-corrected chi connectivity index (χ2v) is 5.27.